The van der Waals surface area contributed by atoms with E-state index in [1.807, 2.05) is 0 Å². The maximum Gasteiger partial charge on any atom is 0.0585 e. The van der Waals surface area contributed by atoms with Gasteiger partial charge in [0.05, 0.1) is 6.61 Å². The number of rotatable bonds is 10. The van der Waals surface area contributed by atoms with Crippen LogP contribution in [-0.4, -0.2) is 62.6 Å². The maximum atomic E-state index is 9.23. The van der Waals surface area contributed by atoms with E-state index in [9.17, 15) is 5.11 Å². The normalized spacial score (nSPS) is 18.0. The first-order chi connectivity index (χ1) is 7.76. The quantitative estimate of drug-likeness (QED) is 0.535. The van der Waals surface area contributed by atoms with E-state index < -0.39 is 0 Å². The Morgan fingerprint density at radius 1 is 1.44 bits per heavy atom. The van der Waals surface area contributed by atoms with Gasteiger partial charge in [0.2, 0.25) is 0 Å². The van der Waals surface area contributed by atoms with E-state index in [4.69, 9.17) is 4.74 Å². The first-order valence-corrected chi connectivity index (χ1v) is 6.30. The molecule has 0 aromatic heterocycles. The Kier molecular flexibility index (Phi) is 6.96. The molecule has 1 unspecified atom stereocenters. The van der Waals surface area contributed by atoms with Crippen LogP contribution in [0.15, 0.2) is 0 Å². The van der Waals surface area contributed by atoms with Crippen LogP contribution in [0.4, 0.5) is 0 Å². The molecule has 1 fully saturated rings. The van der Waals surface area contributed by atoms with Crippen molar-refractivity contribution in [2.75, 3.05) is 40.5 Å². The van der Waals surface area contributed by atoms with E-state index in [2.05, 4.69) is 17.3 Å². The monoisotopic (exact) mass is 230 g/mol. The zero-order valence-corrected chi connectivity index (χ0v) is 10.6. The molecular formula is C12H26N2O2. The Hall–Kier alpha value is -0.160. The molecule has 0 saturated heterocycles. The van der Waals surface area contributed by atoms with E-state index >= 15 is 0 Å². The Labute approximate surface area is 99.0 Å². The van der Waals surface area contributed by atoms with Crippen molar-refractivity contribution in [1.82, 2.24) is 10.2 Å². The molecule has 0 aromatic rings. The Bertz CT molecular complexity index is 174. The van der Waals surface area contributed by atoms with Gasteiger partial charge in [0.1, 0.15) is 0 Å². The van der Waals surface area contributed by atoms with E-state index in [0.29, 0.717) is 6.04 Å². The Balaban J connectivity index is 2.01. The minimum atomic E-state index is 0.252. The highest BCUT2D eigenvalue weighted by Crippen LogP contribution is 2.19. The Morgan fingerprint density at radius 2 is 2.19 bits per heavy atom. The zero-order valence-electron chi connectivity index (χ0n) is 10.6. The first kappa shape index (κ1) is 13.9. The van der Waals surface area contributed by atoms with Crippen molar-refractivity contribution < 1.29 is 9.84 Å². The van der Waals surface area contributed by atoms with Gasteiger partial charge >= 0.3 is 0 Å². The van der Waals surface area contributed by atoms with Gasteiger partial charge in [0, 0.05) is 32.3 Å². The second-order valence-corrected chi connectivity index (χ2v) is 4.76. The molecule has 0 aromatic carbocycles. The van der Waals surface area contributed by atoms with Gasteiger partial charge in [0.25, 0.3) is 0 Å². The van der Waals surface area contributed by atoms with Gasteiger partial charge in [-0.05, 0) is 39.3 Å². The SMILES string of the molecule is COCCCN(C)CCC(CO)NC1CC1. The number of aliphatic hydroxyl groups is 1. The highest BCUT2D eigenvalue weighted by molar-refractivity contribution is 4.84. The molecule has 0 spiro atoms. The van der Waals surface area contributed by atoms with Crippen LogP contribution < -0.4 is 5.32 Å². The largest absolute Gasteiger partial charge is 0.395 e. The van der Waals surface area contributed by atoms with Gasteiger partial charge in [-0.3, -0.25) is 0 Å². The number of hydrogen-bond acceptors (Lipinski definition) is 4. The number of hydrogen-bond donors (Lipinski definition) is 2. The molecule has 1 aliphatic rings. The molecule has 0 aliphatic heterocycles. The molecular weight excluding hydrogens is 204 g/mol. The fourth-order valence-corrected chi connectivity index (χ4v) is 1.78. The second kappa shape index (κ2) is 8.01. The lowest BCUT2D eigenvalue weighted by Crippen LogP contribution is -2.37. The van der Waals surface area contributed by atoms with Crippen molar-refractivity contribution in [3.8, 4) is 0 Å². The third-order valence-corrected chi connectivity index (χ3v) is 3.02. The van der Waals surface area contributed by atoms with Crippen molar-refractivity contribution in [3.63, 3.8) is 0 Å². The first-order valence-electron chi connectivity index (χ1n) is 6.30. The summed E-state index contributed by atoms with van der Waals surface area (Å²) < 4.78 is 5.02. The summed E-state index contributed by atoms with van der Waals surface area (Å²) in [6.45, 7) is 3.18. The highest BCUT2D eigenvalue weighted by atomic mass is 16.5. The van der Waals surface area contributed by atoms with Crippen molar-refractivity contribution in [3.05, 3.63) is 0 Å². The molecule has 4 nitrogen and oxygen atoms in total. The number of nitrogens with zero attached hydrogens (tertiary/aromatic N) is 1. The van der Waals surface area contributed by atoms with Crippen molar-refractivity contribution in [2.24, 2.45) is 0 Å². The average Bonchev–Trinajstić information content (AvgIpc) is 3.08. The fourth-order valence-electron chi connectivity index (χ4n) is 1.78. The van der Waals surface area contributed by atoms with Crippen molar-refractivity contribution in [1.29, 1.82) is 0 Å². The summed E-state index contributed by atoms with van der Waals surface area (Å²) in [4.78, 5) is 2.30. The van der Waals surface area contributed by atoms with Gasteiger partial charge in [-0.2, -0.15) is 0 Å². The second-order valence-electron chi connectivity index (χ2n) is 4.76. The number of nitrogens with one attached hydrogen (secondary N) is 1. The third kappa shape index (κ3) is 6.43. The van der Waals surface area contributed by atoms with Crippen LogP contribution in [-0.2, 0) is 4.74 Å². The molecule has 4 heteroatoms. The number of ether oxygens (including phenoxy) is 1. The number of aliphatic hydroxyl groups excluding tert-OH is 1. The minimum Gasteiger partial charge on any atom is -0.395 e. The predicted molar refractivity (Wildman–Crippen MR) is 65.6 cm³/mol. The highest BCUT2D eigenvalue weighted by Gasteiger charge is 2.24. The van der Waals surface area contributed by atoms with Crippen molar-refractivity contribution >= 4 is 0 Å². The van der Waals surface area contributed by atoms with Crippen LogP contribution in [0.3, 0.4) is 0 Å². The molecule has 1 atom stereocenters. The molecule has 1 saturated carbocycles. The number of methoxy groups -OCH3 is 1. The Morgan fingerprint density at radius 3 is 2.75 bits per heavy atom. The fraction of sp³-hybridized carbons (Fsp3) is 1.00. The van der Waals surface area contributed by atoms with Crippen LogP contribution in [0, 0.1) is 0 Å². The zero-order chi connectivity index (χ0) is 11.8. The van der Waals surface area contributed by atoms with Crippen LogP contribution in [0.2, 0.25) is 0 Å². The van der Waals surface area contributed by atoms with E-state index in [1.165, 1.54) is 12.8 Å². The van der Waals surface area contributed by atoms with Gasteiger partial charge in [-0.25, -0.2) is 0 Å². The van der Waals surface area contributed by atoms with E-state index in [-0.39, 0.29) is 12.6 Å². The van der Waals surface area contributed by atoms with Gasteiger partial charge in [-0.15, -0.1) is 0 Å². The molecule has 1 aliphatic carbocycles. The van der Waals surface area contributed by atoms with Crippen LogP contribution in [0.1, 0.15) is 25.7 Å². The molecule has 0 radical (unpaired) electrons. The maximum absolute atomic E-state index is 9.23. The summed E-state index contributed by atoms with van der Waals surface area (Å²) >= 11 is 0. The molecule has 2 N–H and O–H groups in total. The van der Waals surface area contributed by atoms with Crippen LogP contribution in [0.5, 0.6) is 0 Å². The summed E-state index contributed by atoms with van der Waals surface area (Å²) in [6, 6.07) is 0.952. The third-order valence-electron chi connectivity index (χ3n) is 3.02. The molecule has 1 rings (SSSR count). The van der Waals surface area contributed by atoms with Gasteiger partial charge < -0.3 is 20.1 Å². The molecule has 16 heavy (non-hydrogen) atoms. The van der Waals surface area contributed by atoms with Gasteiger partial charge in [0.15, 0.2) is 0 Å². The standard InChI is InChI=1S/C12H26N2O2/c1-14(7-3-9-16-2)8-6-12(10-15)13-11-4-5-11/h11-13,15H,3-10H2,1-2H3. The van der Waals surface area contributed by atoms with Gasteiger partial charge in [-0.1, -0.05) is 0 Å². The molecule has 0 amide bonds. The summed E-state index contributed by atoms with van der Waals surface area (Å²) in [5.74, 6) is 0. The summed E-state index contributed by atoms with van der Waals surface area (Å²) in [7, 11) is 3.86. The van der Waals surface area contributed by atoms with Crippen LogP contribution in [0.25, 0.3) is 0 Å². The molecule has 96 valence electrons. The molecule has 0 bridgehead atoms. The van der Waals surface area contributed by atoms with Crippen LogP contribution >= 0.6 is 0 Å². The summed E-state index contributed by atoms with van der Waals surface area (Å²) in [6.07, 6.45) is 4.66. The van der Waals surface area contributed by atoms with Crippen molar-refractivity contribution in [2.45, 2.75) is 37.8 Å². The smallest absolute Gasteiger partial charge is 0.0585 e. The van der Waals surface area contributed by atoms with E-state index in [1.54, 1.807) is 7.11 Å². The topological polar surface area (TPSA) is 44.7 Å². The minimum absolute atomic E-state index is 0.252. The molecule has 0 heterocycles. The predicted octanol–water partition coefficient (Wildman–Crippen LogP) is 0.458. The average molecular weight is 230 g/mol. The van der Waals surface area contributed by atoms with E-state index in [0.717, 1.165) is 32.5 Å². The lowest BCUT2D eigenvalue weighted by atomic mass is 10.2. The summed E-state index contributed by atoms with van der Waals surface area (Å²) in [5.41, 5.74) is 0. The lowest BCUT2D eigenvalue weighted by Gasteiger charge is -2.21. The summed E-state index contributed by atoms with van der Waals surface area (Å²) in [5, 5.41) is 12.7. The lowest BCUT2D eigenvalue weighted by molar-refractivity contribution is 0.174.